The lowest BCUT2D eigenvalue weighted by molar-refractivity contribution is -0.111. The van der Waals surface area contributed by atoms with Gasteiger partial charge in [-0.05, 0) is 41.7 Å². The van der Waals surface area contributed by atoms with Crippen LogP contribution in [-0.4, -0.2) is 18.5 Å². The van der Waals surface area contributed by atoms with Crippen LogP contribution in [-0.2, 0) is 14.9 Å². The Hall–Kier alpha value is -2.88. The molecule has 2 aromatic rings. The minimum absolute atomic E-state index is 0.0937. The van der Waals surface area contributed by atoms with Crippen LogP contribution in [0.4, 0.5) is 5.69 Å². The number of hydrogen-bond acceptors (Lipinski definition) is 3. The third-order valence-electron chi connectivity index (χ3n) is 3.88. The zero-order valence-electron chi connectivity index (χ0n) is 15.7. The van der Waals surface area contributed by atoms with Gasteiger partial charge in [0.05, 0.1) is 17.9 Å². The lowest BCUT2D eigenvalue weighted by Crippen LogP contribution is -2.13. The fraction of sp³-hybridized carbons (Fsp3) is 0.273. The number of amides is 1. The van der Waals surface area contributed by atoms with E-state index in [0.717, 1.165) is 5.56 Å². The lowest BCUT2D eigenvalue weighted by atomic mass is 9.87. The van der Waals surface area contributed by atoms with Crippen molar-refractivity contribution >= 4 is 23.6 Å². The van der Waals surface area contributed by atoms with E-state index in [2.05, 4.69) is 38.2 Å². The molecule has 0 atom stereocenters. The van der Waals surface area contributed by atoms with Crippen molar-refractivity contribution < 1.29 is 14.3 Å². The predicted molar refractivity (Wildman–Crippen MR) is 105 cm³/mol. The topological polar surface area (TPSA) is 55.4 Å². The highest BCUT2D eigenvalue weighted by molar-refractivity contribution is 6.06. The summed E-state index contributed by atoms with van der Waals surface area (Å²) in [6.07, 6.45) is 3.20. The average Bonchev–Trinajstić information content (AvgIpc) is 2.60. The molecule has 1 N–H and O–H groups in total. The van der Waals surface area contributed by atoms with Crippen LogP contribution in [0.3, 0.4) is 0 Å². The molecule has 4 nitrogen and oxygen atoms in total. The van der Waals surface area contributed by atoms with Crippen molar-refractivity contribution in [3.8, 4) is 0 Å². The van der Waals surface area contributed by atoms with Gasteiger partial charge >= 0.3 is 5.97 Å². The van der Waals surface area contributed by atoms with Crippen LogP contribution in [0.2, 0.25) is 0 Å². The molecule has 0 unspecified atom stereocenters. The maximum Gasteiger partial charge on any atom is 0.340 e. The molecular formula is C22H25NO3. The smallest absolute Gasteiger partial charge is 0.340 e. The molecule has 0 saturated carbocycles. The van der Waals surface area contributed by atoms with E-state index in [4.69, 9.17) is 4.74 Å². The molecule has 2 rings (SSSR count). The molecule has 0 aromatic heterocycles. The van der Waals surface area contributed by atoms with Gasteiger partial charge in [0.1, 0.15) is 0 Å². The summed E-state index contributed by atoms with van der Waals surface area (Å²) in [6, 6.07) is 14.9. The summed E-state index contributed by atoms with van der Waals surface area (Å²) in [7, 11) is 0. The highest BCUT2D eigenvalue weighted by atomic mass is 16.5. The van der Waals surface area contributed by atoms with Crippen molar-refractivity contribution in [1.29, 1.82) is 0 Å². The number of carbonyl (C=O) groups excluding carboxylic acids is 2. The summed E-state index contributed by atoms with van der Waals surface area (Å²) in [5, 5.41) is 2.73. The number of para-hydroxylation sites is 1. The van der Waals surface area contributed by atoms with Crippen LogP contribution < -0.4 is 5.32 Å². The second-order valence-corrected chi connectivity index (χ2v) is 6.96. The summed E-state index contributed by atoms with van der Waals surface area (Å²) in [5.74, 6) is -0.758. The standard InChI is InChI=1S/C22H25NO3/c1-5-26-21(25)18-8-6-7-9-19(18)23-20(24)15-12-16-10-13-17(14-11-16)22(2,3)4/h6-15H,5H2,1-4H3,(H,23,24)/b15-12+. The molecular weight excluding hydrogens is 326 g/mol. The molecule has 0 fully saturated rings. The average molecular weight is 351 g/mol. The highest BCUT2D eigenvalue weighted by Gasteiger charge is 2.13. The van der Waals surface area contributed by atoms with E-state index < -0.39 is 5.97 Å². The largest absolute Gasteiger partial charge is 0.462 e. The van der Waals surface area contributed by atoms with E-state index in [1.807, 2.05) is 12.1 Å². The van der Waals surface area contributed by atoms with Crippen molar-refractivity contribution in [3.63, 3.8) is 0 Å². The normalized spacial score (nSPS) is 11.4. The molecule has 0 aliphatic heterocycles. The number of anilines is 1. The highest BCUT2D eigenvalue weighted by Crippen LogP contribution is 2.22. The van der Waals surface area contributed by atoms with Crippen LogP contribution in [0.15, 0.2) is 54.6 Å². The molecule has 0 radical (unpaired) electrons. The minimum atomic E-state index is -0.454. The molecule has 0 spiro atoms. The number of benzene rings is 2. The van der Waals surface area contributed by atoms with E-state index in [0.29, 0.717) is 11.3 Å². The molecule has 2 aromatic carbocycles. The van der Waals surface area contributed by atoms with Gasteiger partial charge in [0, 0.05) is 6.08 Å². The maximum atomic E-state index is 12.2. The van der Waals surface area contributed by atoms with Crippen LogP contribution >= 0.6 is 0 Å². The summed E-state index contributed by atoms with van der Waals surface area (Å²) < 4.78 is 5.01. The fourth-order valence-electron chi connectivity index (χ4n) is 2.42. The maximum absolute atomic E-state index is 12.2. The Morgan fingerprint density at radius 1 is 1.04 bits per heavy atom. The molecule has 0 heterocycles. The van der Waals surface area contributed by atoms with Gasteiger partial charge < -0.3 is 10.1 Å². The van der Waals surface area contributed by atoms with Gasteiger partial charge in [0.15, 0.2) is 0 Å². The number of carbonyl (C=O) groups is 2. The lowest BCUT2D eigenvalue weighted by Gasteiger charge is -2.18. The number of ether oxygens (including phenoxy) is 1. The van der Waals surface area contributed by atoms with Gasteiger partial charge in [-0.15, -0.1) is 0 Å². The fourth-order valence-corrected chi connectivity index (χ4v) is 2.42. The van der Waals surface area contributed by atoms with Crippen LogP contribution in [0.25, 0.3) is 6.08 Å². The molecule has 1 amide bonds. The first-order valence-electron chi connectivity index (χ1n) is 8.67. The first-order valence-corrected chi connectivity index (χ1v) is 8.67. The SMILES string of the molecule is CCOC(=O)c1ccccc1NC(=O)/C=C/c1ccc(C(C)(C)C)cc1. The zero-order valence-corrected chi connectivity index (χ0v) is 15.7. The second-order valence-electron chi connectivity index (χ2n) is 6.96. The van der Waals surface area contributed by atoms with E-state index in [1.54, 1.807) is 37.3 Å². The number of esters is 1. The van der Waals surface area contributed by atoms with E-state index in [-0.39, 0.29) is 17.9 Å². The third kappa shape index (κ3) is 5.31. The number of rotatable bonds is 5. The zero-order chi connectivity index (χ0) is 19.2. The minimum Gasteiger partial charge on any atom is -0.462 e. The number of nitrogens with one attached hydrogen (secondary N) is 1. The Labute approximate surface area is 154 Å². The van der Waals surface area contributed by atoms with E-state index >= 15 is 0 Å². The molecule has 4 heteroatoms. The van der Waals surface area contributed by atoms with Crippen molar-refractivity contribution in [2.75, 3.05) is 11.9 Å². The van der Waals surface area contributed by atoms with Crippen LogP contribution in [0.5, 0.6) is 0 Å². The monoisotopic (exact) mass is 351 g/mol. The summed E-state index contributed by atoms with van der Waals surface area (Å²) in [4.78, 5) is 24.1. The first kappa shape index (κ1) is 19.4. The van der Waals surface area contributed by atoms with Crippen LogP contribution in [0, 0.1) is 0 Å². The van der Waals surface area contributed by atoms with Gasteiger partial charge in [0.2, 0.25) is 5.91 Å². The summed E-state index contributed by atoms with van der Waals surface area (Å²) >= 11 is 0. The summed E-state index contributed by atoms with van der Waals surface area (Å²) in [5.41, 5.74) is 3.04. The van der Waals surface area contributed by atoms with E-state index in [1.165, 1.54) is 11.6 Å². The van der Waals surface area contributed by atoms with Gasteiger partial charge in [0.25, 0.3) is 0 Å². The molecule has 136 valence electrons. The Bertz CT molecular complexity index is 799. The molecule has 0 saturated heterocycles. The quantitative estimate of drug-likeness (QED) is 0.621. The van der Waals surface area contributed by atoms with Crippen molar-refractivity contribution in [1.82, 2.24) is 0 Å². The van der Waals surface area contributed by atoms with Gasteiger partial charge in [-0.25, -0.2) is 4.79 Å². The van der Waals surface area contributed by atoms with Crippen molar-refractivity contribution in [2.45, 2.75) is 33.1 Å². The van der Waals surface area contributed by atoms with Crippen molar-refractivity contribution in [3.05, 3.63) is 71.3 Å². The Balaban J connectivity index is 2.07. The third-order valence-corrected chi connectivity index (χ3v) is 3.88. The number of hydrogen-bond donors (Lipinski definition) is 1. The Kier molecular flexibility index (Phi) is 6.34. The Morgan fingerprint density at radius 2 is 1.69 bits per heavy atom. The van der Waals surface area contributed by atoms with E-state index in [9.17, 15) is 9.59 Å². The van der Waals surface area contributed by atoms with Gasteiger partial charge in [-0.2, -0.15) is 0 Å². The van der Waals surface area contributed by atoms with Crippen LogP contribution in [0.1, 0.15) is 49.2 Å². The van der Waals surface area contributed by atoms with Gasteiger partial charge in [-0.3, -0.25) is 4.79 Å². The predicted octanol–water partition coefficient (Wildman–Crippen LogP) is 4.81. The molecule has 0 aliphatic rings. The van der Waals surface area contributed by atoms with Crippen molar-refractivity contribution in [2.24, 2.45) is 0 Å². The first-order chi connectivity index (χ1) is 12.3. The van der Waals surface area contributed by atoms with Gasteiger partial charge in [-0.1, -0.05) is 57.2 Å². The molecule has 0 bridgehead atoms. The molecule has 26 heavy (non-hydrogen) atoms. The Morgan fingerprint density at radius 3 is 2.31 bits per heavy atom. The molecule has 0 aliphatic carbocycles. The summed E-state index contributed by atoms with van der Waals surface area (Å²) in [6.45, 7) is 8.50. The second kappa shape index (κ2) is 8.48.